The second-order valence-electron chi connectivity index (χ2n) is 7.92. The predicted octanol–water partition coefficient (Wildman–Crippen LogP) is 3.00. The van der Waals surface area contributed by atoms with Crippen LogP contribution in [0.2, 0.25) is 0 Å². The fourth-order valence-electron chi connectivity index (χ4n) is 4.69. The summed E-state index contributed by atoms with van der Waals surface area (Å²) in [5.74, 6) is -0.956. The van der Waals surface area contributed by atoms with Crippen LogP contribution in [0.1, 0.15) is 36.8 Å². The minimum Gasteiger partial charge on any atom is -0.480 e. The van der Waals surface area contributed by atoms with Crippen molar-refractivity contribution in [3.8, 4) is 0 Å². The number of carboxylic acids is 1. The average molecular weight is 378 g/mol. The number of hydrogen-bond acceptors (Lipinski definition) is 3. The smallest absolute Gasteiger partial charge is 0.326 e. The summed E-state index contributed by atoms with van der Waals surface area (Å²) in [7, 11) is 0. The Hall–Kier alpha value is -2.66. The van der Waals surface area contributed by atoms with Crippen molar-refractivity contribution in [3.63, 3.8) is 0 Å². The molecule has 0 radical (unpaired) electrons. The summed E-state index contributed by atoms with van der Waals surface area (Å²) < 4.78 is 0. The fourth-order valence-corrected chi connectivity index (χ4v) is 4.69. The number of nitrogens with one attached hydrogen (secondary N) is 1. The highest BCUT2D eigenvalue weighted by Gasteiger charge is 2.52. The van der Waals surface area contributed by atoms with E-state index in [0.717, 1.165) is 30.4 Å². The quantitative estimate of drug-likeness (QED) is 0.811. The number of fused-ring (bicyclic) bond motifs is 1. The standard InChI is InChI=1S/C23H26N2O3/c26-21(27)20-12-11-19-13-14-23(22(28)25(19)20,15-17-7-3-1-4-8-17)24-16-18-9-5-2-6-10-18/h1-10,19-20,24H,11-16H2,(H,26,27)/t19-,20-,23+/m0/s1. The third-order valence-corrected chi connectivity index (χ3v) is 6.16. The number of rotatable bonds is 6. The highest BCUT2D eigenvalue weighted by Crippen LogP contribution is 2.38. The lowest BCUT2D eigenvalue weighted by Crippen LogP contribution is -2.65. The Morgan fingerprint density at radius 3 is 2.29 bits per heavy atom. The van der Waals surface area contributed by atoms with Crippen molar-refractivity contribution < 1.29 is 14.7 Å². The van der Waals surface area contributed by atoms with Crippen LogP contribution in [0.3, 0.4) is 0 Å². The number of aliphatic carboxylic acids is 1. The van der Waals surface area contributed by atoms with Gasteiger partial charge in [-0.3, -0.25) is 10.1 Å². The van der Waals surface area contributed by atoms with Crippen molar-refractivity contribution in [2.75, 3.05) is 0 Å². The van der Waals surface area contributed by atoms with E-state index < -0.39 is 17.6 Å². The first-order chi connectivity index (χ1) is 13.6. The van der Waals surface area contributed by atoms with Gasteiger partial charge in [-0.2, -0.15) is 0 Å². The highest BCUT2D eigenvalue weighted by molar-refractivity contribution is 5.92. The van der Waals surface area contributed by atoms with E-state index in [-0.39, 0.29) is 11.9 Å². The highest BCUT2D eigenvalue weighted by atomic mass is 16.4. The molecule has 2 heterocycles. The molecule has 2 aliphatic heterocycles. The number of carboxylic acid groups (broad SMARTS) is 1. The van der Waals surface area contributed by atoms with E-state index in [2.05, 4.69) is 5.32 Å². The van der Waals surface area contributed by atoms with E-state index >= 15 is 0 Å². The molecular weight excluding hydrogens is 352 g/mol. The largest absolute Gasteiger partial charge is 0.480 e. The number of hydrogen-bond donors (Lipinski definition) is 2. The van der Waals surface area contributed by atoms with Crippen LogP contribution in [0.5, 0.6) is 0 Å². The van der Waals surface area contributed by atoms with Gasteiger partial charge in [-0.25, -0.2) is 4.79 Å². The van der Waals surface area contributed by atoms with Crippen LogP contribution < -0.4 is 5.32 Å². The van der Waals surface area contributed by atoms with Gasteiger partial charge in [0.15, 0.2) is 0 Å². The third-order valence-electron chi connectivity index (χ3n) is 6.16. The molecule has 2 aromatic rings. The Kier molecular flexibility index (Phi) is 5.18. The predicted molar refractivity (Wildman–Crippen MR) is 107 cm³/mol. The molecule has 4 rings (SSSR count). The minimum absolute atomic E-state index is 0.0519. The maximum atomic E-state index is 13.7. The number of carbonyl (C=O) groups excluding carboxylic acids is 1. The molecule has 5 heteroatoms. The van der Waals surface area contributed by atoms with Crippen LogP contribution >= 0.6 is 0 Å². The molecule has 0 aromatic heterocycles. The summed E-state index contributed by atoms with van der Waals surface area (Å²) >= 11 is 0. The Bertz CT molecular complexity index is 839. The molecule has 0 spiro atoms. The van der Waals surface area contributed by atoms with E-state index in [1.54, 1.807) is 4.90 Å². The number of piperidine rings is 1. The first-order valence-electron chi connectivity index (χ1n) is 9.97. The summed E-state index contributed by atoms with van der Waals surface area (Å²) in [5, 5.41) is 13.2. The van der Waals surface area contributed by atoms with E-state index in [1.165, 1.54) is 0 Å². The fraction of sp³-hybridized carbons (Fsp3) is 0.391. The molecule has 2 aliphatic rings. The molecule has 0 unspecified atom stereocenters. The number of nitrogens with zero attached hydrogens (tertiary/aromatic N) is 1. The molecule has 146 valence electrons. The van der Waals surface area contributed by atoms with Crippen LogP contribution in [0.25, 0.3) is 0 Å². The average Bonchev–Trinajstić information content (AvgIpc) is 3.16. The molecule has 1 amide bonds. The van der Waals surface area contributed by atoms with Gasteiger partial charge in [-0.05, 0) is 43.2 Å². The monoisotopic (exact) mass is 378 g/mol. The van der Waals surface area contributed by atoms with Crippen LogP contribution in [-0.4, -0.2) is 39.5 Å². The molecule has 0 bridgehead atoms. The summed E-state index contributed by atoms with van der Waals surface area (Å²) in [6.07, 6.45) is 3.45. The van der Waals surface area contributed by atoms with E-state index in [9.17, 15) is 14.7 Å². The second kappa shape index (κ2) is 7.76. The molecule has 28 heavy (non-hydrogen) atoms. The summed E-state index contributed by atoms with van der Waals surface area (Å²) in [6, 6.07) is 19.4. The van der Waals surface area contributed by atoms with Crippen LogP contribution in [0.15, 0.2) is 60.7 Å². The summed E-state index contributed by atoms with van der Waals surface area (Å²) in [6.45, 7) is 0.579. The van der Waals surface area contributed by atoms with E-state index in [1.807, 2.05) is 60.7 Å². The molecule has 2 saturated heterocycles. The molecule has 0 saturated carbocycles. The zero-order chi connectivity index (χ0) is 19.6. The van der Waals surface area contributed by atoms with Gasteiger partial charge in [0.1, 0.15) is 11.6 Å². The van der Waals surface area contributed by atoms with Gasteiger partial charge in [-0.15, -0.1) is 0 Å². The van der Waals surface area contributed by atoms with Gasteiger partial charge < -0.3 is 10.0 Å². The zero-order valence-corrected chi connectivity index (χ0v) is 15.9. The SMILES string of the molecule is O=C(O)[C@@H]1CC[C@H]2CC[C@](Cc3ccccc3)(NCc3ccccc3)C(=O)N21. The second-order valence-corrected chi connectivity index (χ2v) is 7.92. The molecule has 3 atom stereocenters. The first-order valence-corrected chi connectivity index (χ1v) is 9.97. The summed E-state index contributed by atoms with van der Waals surface area (Å²) in [4.78, 5) is 27.1. The topological polar surface area (TPSA) is 69.6 Å². The van der Waals surface area contributed by atoms with E-state index in [4.69, 9.17) is 0 Å². The minimum atomic E-state index is -0.894. The van der Waals surface area contributed by atoms with Crippen molar-refractivity contribution >= 4 is 11.9 Å². The van der Waals surface area contributed by atoms with Crippen molar-refractivity contribution in [2.24, 2.45) is 0 Å². The Labute approximate surface area is 165 Å². The molecule has 2 fully saturated rings. The van der Waals surface area contributed by atoms with Crippen LogP contribution in [-0.2, 0) is 22.6 Å². The first kappa shape index (κ1) is 18.7. The maximum Gasteiger partial charge on any atom is 0.326 e. The van der Waals surface area contributed by atoms with Gasteiger partial charge in [-0.1, -0.05) is 60.7 Å². The lowest BCUT2D eigenvalue weighted by Gasteiger charge is -2.45. The maximum absolute atomic E-state index is 13.7. The van der Waals surface area contributed by atoms with Crippen molar-refractivity contribution in [2.45, 2.75) is 56.3 Å². The number of carbonyl (C=O) groups is 2. The van der Waals surface area contributed by atoms with Crippen LogP contribution in [0.4, 0.5) is 0 Å². The van der Waals surface area contributed by atoms with Gasteiger partial charge in [0.25, 0.3) is 0 Å². The van der Waals surface area contributed by atoms with Crippen molar-refractivity contribution in [1.29, 1.82) is 0 Å². The number of benzene rings is 2. The van der Waals surface area contributed by atoms with Crippen LogP contribution in [0, 0.1) is 0 Å². The Balaban J connectivity index is 1.64. The van der Waals surface area contributed by atoms with Gasteiger partial charge >= 0.3 is 5.97 Å². The van der Waals surface area contributed by atoms with Crippen molar-refractivity contribution in [3.05, 3.63) is 71.8 Å². The molecular formula is C23H26N2O3. The normalized spacial score (nSPS) is 26.9. The third kappa shape index (κ3) is 3.54. The van der Waals surface area contributed by atoms with Crippen molar-refractivity contribution in [1.82, 2.24) is 10.2 Å². The van der Waals surface area contributed by atoms with Gasteiger partial charge in [0.2, 0.25) is 5.91 Å². The summed E-state index contributed by atoms with van der Waals surface area (Å²) in [5.41, 5.74) is 1.42. The van der Waals surface area contributed by atoms with Gasteiger partial charge in [0.05, 0.1) is 0 Å². The Morgan fingerprint density at radius 1 is 1.00 bits per heavy atom. The molecule has 5 nitrogen and oxygen atoms in total. The number of amides is 1. The zero-order valence-electron chi connectivity index (χ0n) is 15.9. The molecule has 0 aliphatic carbocycles. The lowest BCUT2D eigenvalue weighted by molar-refractivity contribution is -0.156. The molecule has 2 N–H and O–H groups in total. The van der Waals surface area contributed by atoms with Gasteiger partial charge in [0, 0.05) is 12.6 Å². The van der Waals surface area contributed by atoms with E-state index in [0.29, 0.717) is 19.4 Å². The molecule has 2 aromatic carbocycles. The Morgan fingerprint density at radius 2 is 1.64 bits per heavy atom. The lowest BCUT2D eigenvalue weighted by atomic mass is 9.79.